The molecule has 16 heavy (non-hydrogen) atoms. The van der Waals surface area contributed by atoms with Gasteiger partial charge in [0.25, 0.3) is 0 Å². The Kier molecular flexibility index (Phi) is 3.52. The molecular formula is C13H17ClN2. The lowest BCUT2D eigenvalue weighted by molar-refractivity contribution is 0.414. The molecule has 0 bridgehead atoms. The molecule has 1 fully saturated rings. The fraction of sp³-hybridized carbons (Fsp3) is 0.385. The number of H-pyrrole nitrogens is 1. The number of aromatic amines is 1. The third kappa shape index (κ3) is 1.95. The lowest BCUT2D eigenvalue weighted by Gasteiger charge is -2.23. The lowest BCUT2D eigenvalue weighted by atomic mass is 9.97. The topological polar surface area (TPSA) is 27.8 Å². The number of aromatic nitrogens is 1. The Morgan fingerprint density at radius 3 is 2.81 bits per heavy atom. The summed E-state index contributed by atoms with van der Waals surface area (Å²) in [5.74, 6) is 0. The molecule has 1 aromatic carbocycles. The van der Waals surface area contributed by atoms with Gasteiger partial charge in [-0.3, -0.25) is 0 Å². The van der Waals surface area contributed by atoms with Crippen molar-refractivity contribution in [1.82, 2.24) is 10.3 Å². The molecule has 1 aliphatic heterocycles. The molecule has 0 spiro atoms. The van der Waals surface area contributed by atoms with E-state index in [1.54, 1.807) is 0 Å². The minimum Gasteiger partial charge on any atom is -0.361 e. The van der Waals surface area contributed by atoms with Gasteiger partial charge in [0.15, 0.2) is 0 Å². The maximum atomic E-state index is 3.59. The number of hydrogen-bond donors (Lipinski definition) is 2. The van der Waals surface area contributed by atoms with Gasteiger partial charge in [-0.05, 0) is 31.0 Å². The summed E-state index contributed by atoms with van der Waals surface area (Å²) >= 11 is 0. The SMILES string of the molecule is Cl.c1ccc2c(C3CCCCN3)c[nH]c2c1. The van der Waals surface area contributed by atoms with Gasteiger partial charge in [0.05, 0.1) is 0 Å². The van der Waals surface area contributed by atoms with Gasteiger partial charge in [0.1, 0.15) is 0 Å². The van der Waals surface area contributed by atoms with E-state index >= 15 is 0 Å². The summed E-state index contributed by atoms with van der Waals surface area (Å²) in [6.07, 6.45) is 6.09. The molecule has 3 heteroatoms. The number of rotatable bonds is 1. The standard InChI is InChI=1S/C13H16N2.ClH/c1-2-6-12-10(5-1)11(9-15-12)13-7-3-4-8-14-13;/h1-2,5-6,9,13-15H,3-4,7-8H2;1H. The zero-order valence-corrected chi connectivity index (χ0v) is 10.0. The Morgan fingerprint density at radius 2 is 2.00 bits per heavy atom. The molecular weight excluding hydrogens is 220 g/mol. The van der Waals surface area contributed by atoms with Gasteiger partial charge in [-0.2, -0.15) is 0 Å². The summed E-state index contributed by atoms with van der Waals surface area (Å²) in [5.41, 5.74) is 2.69. The molecule has 1 saturated heterocycles. The second-order valence-electron chi connectivity index (χ2n) is 4.29. The highest BCUT2D eigenvalue weighted by molar-refractivity contribution is 5.85. The van der Waals surface area contributed by atoms with Gasteiger partial charge < -0.3 is 10.3 Å². The van der Waals surface area contributed by atoms with Crippen LogP contribution in [0.3, 0.4) is 0 Å². The second-order valence-corrected chi connectivity index (χ2v) is 4.29. The highest BCUT2D eigenvalue weighted by atomic mass is 35.5. The van der Waals surface area contributed by atoms with E-state index in [2.05, 4.69) is 40.8 Å². The molecule has 3 rings (SSSR count). The molecule has 0 aliphatic carbocycles. The van der Waals surface area contributed by atoms with Gasteiger partial charge in [0, 0.05) is 23.1 Å². The van der Waals surface area contributed by atoms with Crippen LogP contribution in [-0.2, 0) is 0 Å². The van der Waals surface area contributed by atoms with Crippen LogP contribution in [0.4, 0.5) is 0 Å². The highest BCUT2D eigenvalue weighted by Crippen LogP contribution is 2.28. The van der Waals surface area contributed by atoms with Crippen LogP contribution < -0.4 is 5.32 Å². The minimum absolute atomic E-state index is 0. The van der Waals surface area contributed by atoms with E-state index in [-0.39, 0.29) is 12.4 Å². The van der Waals surface area contributed by atoms with Crippen LogP contribution in [0.15, 0.2) is 30.5 Å². The lowest BCUT2D eigenvalue weighted by Crippen LogP contribution is -2.26. The molecule has 0 saturated carbocycles. The predicted octanol–water partition coefficient (Wildman–Crippen LogP) is 3.40. The summed E-state index contributed by atoms with van der Waals surface area (Å²) in [6.45, 7) is 1.16. The first-order valence-electron chi connectivity index (χ1n) is 5.74. The van der Waals surface area contributed by atoms with Crippen molar-refractivity contribution in [3.63, 3.8) is 0 Å². The largest absolute Gasteiger partial charge is 0.361 e. The third-order valence-corrected chi connectivity index (χ3v) is 3.31. The fourth-order valence-electron chi connectivity index (χ4n) is 2.50. The Morgan fingerprint density at radius 1 is 1.12 bits per heavy atom. The van der Waals surface area contributed by atoms with Crippen molar-refractivity contribution in [1.29, 1.82) is 0 Å². The maximum Gasteiger partial charge on any atom is 0.0457 e. The van der Waals surface area contributed by atoms with Crippen LogP contribution in [0.25, 0.3) is 10.9 Å². The fourth-order valence-corrected chi connectivity index (χ4v) is 2.50. The number of piperidine rings is 1. The van der Waals surface area contributed by atoms with Crippen LogP contribution in [-0.4, -0.2) is 11.5 Å². The number of hydrogen-bond acceptors (Lipinski definition) is 1. The number of fused-ring (bicyclic) bond motifs is 1. The number of para-hydroxylation sites is 1. The smallest absolute Gasteiger partial charge is 0.0457 e. The van der Waals surface area contributed by atoms with Crippen LogP contribution in [0.5, 0.6) is 0 Å². The first-order valence-corrected chi connectivity index (χ1v) is 5.74. The molecule has 2 heterocycles. The first kappa shape index (κ1) is 11.5. The second kappa shape index (κ2) is 4.89. The van der Waals surface area contributed by atoms with Crippen LogP contribution in [0.1, 0.15) is 30.9 Å². The first-order chi connectivity index (χ1) is 7.45. The Hall–Kier alpha value is -0.990. The molecule has 86 valence electrons. The molecule has 1 atom stereocenters. The van der Waals surface area contributed by atoms with Crippen LogP contribution >= 0.6 is 12.4 Å². The van der Waals surface area contributed by atoms with E-state index < -0.39 is 0 Å². The zero-order chi connectivity index (χ0) is 10.1. The third-order valence-electron chi connectivity index (χ3n) is 3.31. The van der Waals surface area contributed by atoms with E-state index in [1.165, 1.54) is 35.7 Å². The van der Waals surface area contributed by atoms with Crippen molar-refractivity contribution in [3.8, 4) is 0 Å². The van der Waals surface area contributed by atoms with Crippen molar-refractivity contribution >= 4 is 23.3 Å². The Labute approximate surface area is 102 Å². The highest BCUT2D eigenvalue weighted by Gasteiger charge is 2.17. The van der Waals surface area contributed by atoms with Crippen molar-refractivity contribution in [2.75, 3.05) is 6.54 Å². The average Bonchev–Trinajstić information content (AvgIpc) is 2.74. The maximum absolute atomic E-state index is 3.59. The van der Waals surface area contributed by atoms with Gasteiger partial charge >= 0.3 is 0 Å². The summed E-state index contributed by atoms with van der Waals surface area (Å²) in [5, 5.41) is 4.97. The monoisotopic (exact) mass is 236 g/mol. The van der Waals surface area contributed by atoms with Gasteiger partial charge in [-0.15, -0.1) is 12.4 Å². The Bertz CT molecular complexity index is 458. The van der Waals surface area contributed by atoms with Gasteiger partial charge in [0.2, 0.25) is 0 Å². The minimum atomic E-state index is 0. The summed E-state index contributed by atoms with van der Waals surface area (Å²) in [6, 6.07) is 9.09. The van der Waals surface area contributed by atoms with E-state index in [4.69, 9.17) is 0 Å². The average molecular weight is 237 g/mol. The van der Waals surface area contributed by atoms with Gasteiger partial charge in [-0.25, -0.2) is 0 Å². The molecule has 1 unspecified atom stereocenters. The molecule has 1 aliphatic rings. The number of halogens is 1. The number of nitrogens with one attached hydrogen (secondary N) is 2. The normalized spacial score (nSPS) is 20.6. The van der Waals surface area contributed by atoms with Crippen LogP contribution in [0, 0.1) is 0 Å². The van der Waals surface area contributed by atoms with Crippen molar-refractivity contribution in [2.24, 2.45) is 0 Å². The van der Waals surface area contributed by atoms with Gasteiger partial charge in [-0.1, -0.05) is 24.6 Å². The van der Waals surface area contributed by atoms with Crippen molar-refractivity contribution in [3.05, 3.63) is 36.0 Å². The van der Waals surface area contributed by atoms with E-state index in [0.717, 1.165) is 6.54 Å². The van der Waals surface area contributed by atoms with Crippen molar-refractivity contribution in [2.45, 2.75) is 25.3 Å². The summed E-state index contributed by atoms with van der Waals surface area (Å²) in [4.78, 5) is 3.35. The summed E-state index contributed by atoms with van der Waals surface area (Å²) < 4.78 is 0. The molecule has 2 N–H and O–H groups in total. The molecule has 0 radical (unpaired) electrons. The van der Waals surface area contributed by atoms with E-state index in [9.17, 15) is 0 Å². The molecule has 1 aromatic heterocycles. The molecule has 2 nitrogen and oxygen atoms in total. The van der Waals surface area contributed by atoms with Crippen LogP contribution in [0.2, 0.25) is 0 Å². The molecule has 2 aromatic rings. The number of benzene rings is 1. The predicted molar refractivity (Wildman–Crippen MR) is 70.1 cm³/mol. The Balaban J connectivity index is 0.000000963. The quantitative estimate of drug-likeness (QED) is 0.781. The van der Waals surface area contributed by atoms with Crippen molar-refractivity contribution < 1.29 is 0 Å². The zero-order valence-electron chi connectivity index (χ0n) is 9.20. The van der Waals surface area contributed by atoms with E-state index in [1.807, 2.05) is 0 Å². The molecule has 0 amide bonds. The van der Waals surface area contributed by atoms with E-state index in [0.29, 0.717) is 6.04 Å². The summed E-state index contributed by atoms with van der Waals surface area (Å²) in [7, 11) is 0.